The Morgan fingerprint density at radius 3 is 2.31 bits per heavy atom. The van der Waals surface area contributed by atoms with E-state index in [2.05, 4.69) is 0 Å². The van der Waals surface area contributed by atoms with Crippen LogP contribution < -0.4 is 19.6 Å². The number of methoxy groups -OCH3 is 1. The van der Waals surface area contributed by atoms with E-state index >= 15 is 0 Å². The van der Waals surface area contributed by atoms with Crippen molar-refractivity contribution in [2.75, 3.05) is 7.11 Å². The SMILES string of the molecule is COc1ccccc1Oc1c(C(F)(F)F)oc2cc(OC(=O)C=Cc3ccccc3)ccc2c1=O. The maximum Gasteiger partial charge on any atom is 0.453 e. The number of carbonyl (C=O) groups excluding carboxylic acids is 1. The lowest BCUT2D eigenvalue weighted by Gasteiger charge is -2.15. The van der Waals surface area contributed by atoms with E-state index in [0.29, 0.717) is 0 Å². The Kier molecular flexibility index (Phi) is 6.59. The first kappa shape index (κ1) is 23.6. The number of benzene rings is 3. The summed E-state index contributed by atoms with van der Waals surface area (Å²) < 4.78 is 61.9. The predicted octanol–water partition coefficient (Wildman–Crippen LogP) is 6.23. The van der Waals surface area contributed by atoms with Crippen LogP contribution in [0.5, 0.6) is 23.0 Å². The monoisotopic (exact) mass is 482 g/mol. The molecule has 178 valence electrons. The number of rotatable bonds is 6. The summed E-state index contributed by atoms with van der Waals surface area (Å²) in [6, 6.07) is 18.4. The highest BCUT2D eigenvalue weighted by Crippen LogP contribution is 2.40. The van der Waals surface area contributed by atoms with Crippen molar-refractivity contribution in [2.24, 2.45) is 0 Å². The summed E-state index contributed by atoms with van der Waals surface area (Å²) in [6.45, 7) is 0. The second-order valence-corrected chi connectivity index (χ2v) is 7.16. The Labute approximate surface area is 196 Å². The topological polar surface area (TPSA) is 75.0 Å². The van der Waals surface area contributed by atoms with Gasteiger partial charge in [0.05, 0.1) is 12.5 Å². The second kappa shape index (κ2) is 9.76. The molecule has 0 aliphatic rings. The zero-order valence-electron chi connectivity index (χ0n) is 18.2. The number of fused-ring (bicyclic) bond motifs is 1. The molecule has 3 aromatic carbocycles. The molecule has 0 fully saturated rings. The van der Waals surface area contributed by atoms with Crippen LogP contribution in [0.4, 0.5) is 13.2 Å². The fraction of sp³-hybridized carbons (Fsp3) is 0.0769. The number of ether oxygens (including phenoxy) is 3. The van der Waals surface area contributed by atoms with Crippen molar-refractivity contribution in [2.45, 2.75) is 6.18 Å². The Morgan fingerprint density at radius 2 is 1.63 bits per heavy atom. The molecule has 0 atom stereocenters. The van der Waals surface area contributed by atoms with Gasteiger partial charge in [0.15, 0.2) is 11.5 Å². The van der Waals surface area contributed by atoms with Crippen molar-refractivity contribution in [3.8, 4) is 23.0 Å². The molecular weight excluding hydrogens is 465 g/mol. The number of alkyl halides is 3. The molecule has 4 aromatic rings. The molecule has 35 heavy (non-hydrogen) atoms. The number of halogens is 3. The molecule has 0 spiro atoms. The van der Waals surface area contributed by atoms with E-state index in [1.165, 1.54) is 49.6 Å². The van der Waals surface area contributed by atoms with E-state index in [4.69, 9.17) is 18.6 Å². The quantitative estimate of drug-likeness (QED) is 0.184. The largest absolute Gasteiger partial charge is 0.493 e. The molecule has 6 nitrogen and oxygen atoms in total. The van der Waals surface area contributed by atoms with Crippen LogP contribution in [-0.2, 0) is 11.0 Å². The van der Waals surface area contributed by atoms with Crippen molar-refractivity contribution in [3.63, 3.8) is 0 Å². The minimum Gasteiger partial charge on any atom is -0.493 e. The highest BCUT2D eigenvalue weighted by atomic mass is 19.4. The van der Waals surface area contributed by atoms with E-state index in [1.807, 2.05) is 6.07 Å². The number of esters is 1. The van der Waals surface area contributed by atoms with Crippen molar-refractivity contribution in [1.29, 1.82) is 0 Å². The van der Waals surface area contributed by atoms with Gasteiger partial charge in [-0.25, -0.2) is 4.79 Å². The molecule has 0 aliphatic heterocycles. The van der Waals surface area contributed by atoms with Crippen LogP contribution in [-0.4, -0.2) is 13.1 Å². The average molecular weight is 482 g/mol. The highest BCUT2D eigenvalue weighted by Gasteiger charge is 2.40. The van der Waals surface area contributed by atoms with E-state index in [9.17, 15) is 22.8 Å². The summed E-state index contributed by atoms with van der Waals surface area (Å²) in [5, 5.41) is -0.192. The molecule has 0 unspecified atom stereocenters. The lowest BCUT2D eigenvalue weighted by atomic mass is 10.2. The highest BCUT2D eigenvalue weighted by molar-refractivity contribution is 5.89. The third-order valence-corrected chi connectivity index (χ3v) is 4.79. The smallest absolute Gasteiger partial charge is 0.453 e. The summed E-state index contributed by atoms with van der Waals surface area (Å²) in [6.07, 6.45) is -2.36. The minimum absolute atomic E-state index is 0.0945. The molecule has 0 saturated carbocycles. The van der Waals surface area contributed by atoms with Crippen molar-refractivity contribution >= 4 is 23.0 Å². The van der Waals surface area contributed by atoms with E-state index in [0.717, 1.165) is 11.6 Å². The molecule has 1 heterocycles. The van der Waals surface area contributed by atoms with Crippen LogP contribution in [0.1, 0.15) is 11.3 Å². The van der Waals surface area contributed by atoms with Gasteiger partial charge in [-0.3, -0.25) is 4.79 Å². The Morgan fingerprint density at radius 1 is 0.943 bits per heavy atom. The Balaban J connectivity index is 1.70. The molecular formula is C26H17F3O6. The van der Waals surface area contributed by atoms with Gasteiger partial charge in [-0.2, -0.15) is 13.2 Å². The van der Waals surface area contributed by atoms with Gasteiger partial charge >= 0.3 is 12.1 Å². The molecule has 9 heteroatoms. The number of hydrogen-bond donors (Lipinski definition) is 0. The summed E-state index contributed by atoms with van der Waals surface area (Å²) >= 11 is 0. The van der Waals surface area contributed by atoms with Crippen molar-refractivity contribution < 1.29 is 36.6 Å². The maximum atomic E-state index is 13.8. The molecule has 0 bridgehead atoms. The molecule has 0 N–H and O–H groups in total. The van der Waals surface area contributed by atoms with Gasteiger partial charge in [0.1, 0.15) is 11.3 Å². The summed E-state index contributed by atoms with van der Waals surface area (Å²) in [7, 11) is 1.31. The number of hydrogen-bond acceptors (Lipinski definition) is 6. The van der Waals surface area contributed by atoms with Crippen LogP contribution in [0.15, 0.2) is 88.1 Å². The molecule has 0 radical (unpaired) electrons. The van der Waals surface area contributed by atoms with Crippen molar-refractivity contribution in [3.05, 3.63) is 100 Å². The van der Waals surface area contributed by atoms with Gasteiger partial charge < -0.3 is 18.6 Å². The first-order valence-corrected chi connectivity index (χ1v) is 10.2. The van der Waals surface area contributed by atoms with Crippen LogP contribution >= 0.6 is 0 Å². The van der Waals surface area contributed by atoms with Gasteiger partial charge in [0.2, 0.25) is 11.2 Å². The lowest BCUT2D eigenvalue weighted by Crippen LogP contribution is -2.15. The fourth-order valence-corrected chi connectivity index (χ4v) is 3.19. The van der Waals surface area contributed by atoms with Crippen molar-refractivity contribution in [1.82, 2.24) is 0 Å². The van der Waals surface area contributed by atoms with Crippen LogP contribution in [0.2, 0.25) is 0 Å². The average Bonchev–Trinajstić information content (AvgIpc) is 2.84. The predicted molar refractivity (Wildman–Crippen MR) is 122 cm³/mol. The van der Waals surface area contributed by atoms with E-state index in [-0.39, 0.29) is 22.6 Å². The molecule has 1 aromatic heterocycles. The summed E-state index contributed by atoms with van der Waals surface area (Å²) in [5.41, 5.74) is -0.718. The molecule has 0 saturated heterocycles. The standard InChI is InChI=1S/C26H17F3O6/c1-32-19-9-5-6-10-20(19)34-24-23(31)18-13-12-17(15-21(18)35-25(24)26(27,28)29)33-22(30)14-11-16-7-3-2-4-8-16/h2-15H,1H3. The molecule has 4 rings (SSSR count). The third-order valence-electron chi connectivity index (χ3n) is 4.79. The van der Waals surface area contributed by atoms with Gasteiger partial charge in [0, 0.05) is 12.1 Å². The fourth-order valence-electron chi connectivity index (χ4n) is 3.19. The summed E-state index contributed by atoms with van der Waals surface area (Å²) in [4.78, 5) is 25.1. The Hall–Kier alpha value is -4.53. The van der Waals surface area contributed by atoms with E-state index < -0.39 is 34.7 Å². The van der Waals surface area contributed by atoms with E-state index in [1.54, 1.807) is 30.3 Å². The normalized spacial score (nSPS) is 11.5. The third kappa shape index (κ3) is 5.35. The molecule has 0 amide bonds. The van der Waals surface area contributed by atoms with Crippen LogP contribution in [0.25, 0.3) is 17.0 Å². The molecule has 0 aliphatic carbocycles. The van der Waals surface area contributed by atoms with Crippen LogP contribution in [0.3, 0.4) is 0 Å². The van der Waals surface area contributed by atoms with Gasteiger partial charge in [-0.1, -0.05) is 42.5 Å². The van der Waals surface area contributed by atoms with Gasteiger partial charge in [-0.05, 0) is 35.9 Å². The van der Waals surface area contributed by atoms with Gasteiger partial charge in [-0.15, -0.1) is 0 Å². The number of para-hydroxylation sites is 2. The van der Waals surface area contributed by atoms with Crippen LogP contribution in [0, 0.1) is 0 Å². The second-order valence-electron chi connectivity index (χ2n) is 7.16. The maximum absolute atomic E-state index is 13.8. The summed E-state index contributed by atoms with van der Waals surface area (Å²) in [5.74, 6) is -3.50. The zero-order chi connectivity index (χ0) is 25.0. The number of carbonyl (C=O) groups is 1. The van der Waals surface area contributed by atoms with Gasteiger partial charge in [0.25, 0.3) is 5.76 Å². The lowest BCUT2D eigenvalue weighted by molar-refractivity contribution is -0.154. The Bertz CT molecular complexity index is 1460. The first-order valence-electron chi connectivity index (χ1n) is 10.2. The zero-order valence-corrected chi connectivity index (χ0v) is 18.2. The first-order chi connectivity index (χ1) is 16.8. The minimum atomic E-state index is -5.05.